The molecule has 0 radical (unpaired) electrons. The Kier molecular flexibility index (Phi) is 5.44. The second-order valence-corrected chi connectivity index (χ2v) is 7.24. The molecule has 0 fully saturated rings. The lowest BCUT2D eigenvalue weighted by atomic mass is 10.1. The maximum atomic E-state index is 5.90. The van der Waals surface area contributed by atoms with Crippen LogP contribution in [0.25, 0.3) is 11.3 Å². The molecule has 6 nitrogen and oxygen atoms in total. The highest BCUT2D eigenvalue weighted by molar-refractivity contribution is 5.63. The van der Waals surface area contributed by atoms with E-state index < -0.39 is 0 Å². The lowest BCUT2D eigenvalue weighted by Gasteiger charge is -2.16. The van der Waals surface area contributed by atoms with Crippen LogP contribution in [0.1, 0.15) is 11.4 Å². The van der Waals surface area contributed by atoms with Crippen molar-refractivity contribution in [3.63, 3.8) is 0 Å². The highest BCUT2D eigenvalue weighted by Gasteiger charge is 2.14. The van der Waals surface area contributed by atoms with E-state index in [9.17, 15) is 0 Å². The Morgan fingerprint density at radius 3 is 2.34 bits per heavy atom. The van der Waals surface area contributed by atoms with Crippen molar-refractivity contribution in [1.29, 1.82) is 0 Å². The van der Waals surface area contributed by atoms with Gasteiger partial charge in [0, 0.05) is 50.4 Å². The van der Waals surface area contributed by atoms with Crippen molar-refractivity contribution in [2.24, 2.45) is 14.1 Å². The third kappa shape index (κ3) is 4.55. The van der Waals surface area contributed by atoms with Gasteiger partial charge in [0.2, 0.25) is 0 Å². The van der Waals surface area contributed by atoms with Crippen molar-refractivity contribution < 1.29 is 4.74 Å². The summed E-state index contributed by atoms with van der Waals surface area (Å²) in [6.45, 7) is 1.57. The molecular formula is C23H25N5O. The molecule has 0 spiro atoms. The Morgan fingerprint density at radius 2 is 1.66 bits per heavy atom. The minimum Gasteiger partial charge on any atom is -0.457 e. The molecule has 2 heterocycles. The largest absolute Gasteiger partial charge is 0.457 e. The van der Waals surface area contributed by atoms with E-state index in [1.165, 1.54) is 5.56 Å². The molecule has 29 heavy (non-hydrogen) atoms. The Morgan fingerprint density at radius 1 is 0.931 bits per heavy atom. The van der Waals surface area contributed by atoms with Crippen LogP contribution in [-0.4, -0.2) is 31.3 Å². The van der Waals surface area contributed by atoms with Gasteiger partial charge in [-0.25, -0.2) is 4.98 Å². The number of rotatable bonds is 7. The Labute approximate surface area is 171 Å². The molecule has 4 rings (SSSR count). The highest BCUT2D eigenvalue weighted by atomic mass is 16.5. The number of ether oxygens (including phenoxy) is 1. The van der Waals surface area contributed by atoms with Crippen LogP contribution < -0.4 is 4.74 Å². The van der Waals surface area contributed by atoms with E-state index in [0.29, 0.717) is 0 Å². The zero-order chi connectivity index (χ0) is 20.2. The summed E-state index contributed by atoms with van der Waals surface area (Å²) in [6.07, 6.45) is 5.88. The molecule has 0 aliphatic heterocycles. The molecule has 0 N–H and O–H groups in total. The molecule has 0 saturated carbocycles. The lowest BCUT2D eigenvalue weighted by Crippen LogP contribution is -2.19. The van der Waals surface area contributed by atoms with E-state index in [0.717, 1.165) is 41.7 Å². The normalized spacial score (nSPS) is 11.2. The molecule has 0 amide bonds. The summed E-state index contributed by atoms with van der Waals surface area (Å²) in [5.41, 5.74) is 3.25. The van der Waals surface area contributed by atoms with E-state index in [1.807, 2.05) is 78.2 Å². The SMILES string of the molecule is CN(Cc1cn(C)nc1-c1ccc(Oc2ccccc2)cc1)Cc1nccn1C. The predicted molar refractivity (Wildman–Crippen MR) is 114 cm³/mol. The summed E-state index contributed by atoms with van der Waals surface area (Å²) >= 11 is 0. The summed E-state index contributed by atoms with van der Waals surface area (Å²) in [5.74, 6) is 2.68. The van der Waals surface area contributed by atoms with Crippen molar-refractivity contribution in [2.75, 3.05) is 7.05 Å². The molecule has 0 aliphatic rings. The maximum Gasteiger partial charge on any atom is 0.127 e. The Balaban J connectivity index is 1.49. The number of para-hydroxylation sites is 1. The number of aryl methyl sites for hydroxylation is 2. The molecule has 0 saturated heterocycles. The van der Waals surface area contributed by atoms with Gasteiger partial charge in [-0.2, -0.15) is 5.10 Å². The minimum atomic E-state index is 0.779. The summed E-state index contributed by atoms with van der Waals surface area (Å²) < 4.78 is 9.81. The number of benzene rings is 2. The molecule has 0 atom stereocenters. The van der Waals surface area contributed by atoms with Crippen LogP contribution in [0.15, 0.2) is 73.2 Å². The number of hydrogen-bond donors (Lipinski definition) is 0. The molecule has 0 unspecified atom stereocenters. The van der Waals surface area contributed by atoms with Gasteiger partial charge in [-0.05, 0) is 43.4 Å². The van der Waals surface area contributed by atoms with Crippen LogP contribution in [0.2, 0.25) is 0 Å². The third-order valence-electron chi connectivity index (χ3n) is 4.78. The first kappa shape index (κ1) is 19.0. The van der Waals surface area contributed by atoms with Gasteiger partial charge in [-0.15, -0.1) is 0 Å². The topological polar surface area (TPSA) is 48.1 Å². The van der Waals surface area contributed by atoms with Gasteiger partial charge < -0.3 is 9.30 Å². The molecular weight excluding hydrogens is 362 g/mol. The standard InChI is InChI=1S/C23H25N5O/c1-26(17-22-24-13-14-27(22)2)15-19-16-28(3)25-23(19)18-9-11-21(12-10-18)29-20-7-5-4-6-8-20/h4-14,16H,15,17H2,1-3H3. The average molecular weight is 387 g/mol. The summed E-state index contributed by atoms with van der Waals surface area (Å²) in [5, 5.41) is 4.69. The van der Waals surface area contributed by atoms with Crippen molar-refractivity contribution in [3.05, 3.63) is 84.6 Å². The van der Waals surface area contributed by atoms with Gasteiger partial charge in [0.05, 0.1) is 12.2 Å². The average Bonchev–Trinajstić information content (AvgIpc) is 3.28. The van der Waals surface area contributed by atoms with E-state index in [1.54, 1.807) is 0 Å². The third-order valence-corrected chi connectivity index (χ3v) is 4.78. The number of imidazole rings is 1. The second-order valence-electron chi connectivity index (χ2n) is 7.24. The molecule has 0 bridgehead atoms. The zero-order valence-corrected chi connectivity index (χ0v) is 17.0. The van der Waals surface area contributed by atoms with Crippen LogP contribution in [-0.2, 0) is 27.2 Å². The first-order valence-corrected chi connectivity index (χ1v) is 9.59. The summed E-state index contributed by atoms with van der Waals surface area (Å²) in [7, 11) is 6.08. The number of nitrogens with zero attached hydrogens (tertiary/aromatic N) is 5. The highest BCUT2D eigenvalue weighted by Crippen LogP contribution is 2.27. The van der Waals surface area contributed by atoms with Crippen LogP contribution in [0.3, 0.4) is 0 Å². The van der Waals surface area contributed by atoms with E-state index in [-0.39, 0.29) is 0 Å². The van der Waals surface area contributed by atoms with Crippen molar-refractivity contribution >= 4 is 0 Å². The monoisotopic (exact) mass is 387 g/mol. The van der Waals surface area contributed by atoms with Crippen LogP contribution in [0.5, 0.6) is 11.5 Å². The molecule has 4 aromatic rings. The van der Waals surface area contributed by atoms with Gasteiger partial charge in [-0.3, -0.25) is 9.58 Å². The van der Waals surface area contributed by atoms with E-state index in [2.05, 4.69) is 35.3 Å². The number of aromatic nitrogens is 4. The van der Waals surface area contributed by atoms with Crippen molar-refractivity contribution in [1.82, 2.24) is 24.2 Å². The van der Waals surface area contributed by atoms with Crippen LogP contribution in [0.4, 0.5) is 0 Å². The van der Waals surface area contributed by atoms with Crippen LogP contribution >= 0.6 is 0 Å². The van der Waals surface area contributed by atoms with E-state index in [4.69, 9.17) is 9.84 Å². The van der Waals surface area contributed by atoms with Crippen LogP contribution in [0, 0.1) is 0 Å². The lowest BCUT2D eigenvalue weighted by molar-refractivity contribution is 0.307. The molecule has 148 valence electrons. The second kappa shape index (κ2) is 8.32. The van der Waals surface area contributed by atoms with Crippen molar-refractivity contribution in [3.8, 4) is 22.8 Å². The van der Waals surface area contributed by atoms with Gasteiger partial charge >= 0.3 is 0 Å². The fraction of sp³-hybridized carbons (Fsp3) is 0.217. The van der Waals surface area contributed by atoms with Crippen molar-refractivity contribution in [2.45, 2.75) is 13.1 Å². The summed E-state index contributed by atoms with van der Waals surface area (Å²) in [4.78, 5) is 6.66. The molecule has 2 aromatic carbocycles. The quantitative estimate of drug-likeness (QED) is 0.476. The van der Waals surface area contributed by atoms with Gasteiger partial charge in [0.25, 0.3) is 0 Å². The first-order chi connectivity index (χ1) is 14.1. The van der Waals surface area contributed by atoms with Gasteiger partial charge in [-0.1, -0.05) is 18.2 Å². The van der Waals surface area contributed by atoms with Gasteiger partial charge in [0.1, 0.15) is 17.3 Å². The zero-order valence-electron chi connectivity index (χ0n) is 17.0. The smallest absolute Gasteiger partial charge is 0.127 e. The minimum absolute atomic E-state index is 0.779. The first-order valence-electron chi connectivity index (χ1n) is 9.59. The van der Waals surface area contributed by atoms with Gasteiger partial charge in [0.15, 0.2) is 0 Å². The maximum absolute atomic E-state index is 5.90. The molecule has 0 aliphatic carbocycles. The molecule has 6 heteroatoms. The predicted octanol–water partition coefficient (Wildman–Crippen LogP) is 4.24. The summed E-state index contributed by atoms with van der Waals surface area (Å²) in [6, 6.07) is 17.9. The fourth-order valence-electron chi connectivity index (χ4n) is 3.34. The fourth-order valence-corrected chi connectivity index (χ4v) is 3.34. The Hall–Kier alpha value is -3.38. The van der Waals surface area contributed by atoms with E-state index >= 15 is 0 Å². The molecule has 2 aromatic heterocycles. The Bertz CT molecular complexity index is 1070. The number of hydrogen-bond acceptors (Lipinski definition) is 4.